The van der Waals surface area contributed by atoms with E-state index in [4.69, 9.17) is 11.6 Å². The van der Waals surface area contributed by atoms with Crippen molar-refractivity contribution in [1.82, 2.24) is 8.75 Å². The van der Waals surface area contributed by atoms with Gasteiger partial charge in [0.25, 0.3) is 0 Å². The lowest BCUT2D eigenvalue weighted by Crippen LogP contribution is -1.98. The SMILES string of the molecule is OC(c1cnsn1)c1ccsc1Cl. The molecule has 2 aromatic rings. The Hall–Kier alpha value is -0.490. The fourth-order valence-electron chi connectivity index (χ4n) is 0.951. The number of aliphatic hydroxyl groups is 1. The molecular formula is C7H5ClN2OS2. The predicted octanol–water partition coefficient (Wildman–Crippen LogP) is 2.33. The predicted molar refractivity (Wildman–Crippen MR) is 53.3 cm³/mol. The van der Waals surface area contributed by atoms with Gasteiger partial charge in [0.2, 0.25) is 0 Å². The topological polar surface area (TPSA) is 46.0 Å². The quantitative estimate of drug-likeness (QED) is 0.865. The zero-order chi connectivity index (χ0) is 9.26. The van der Waals surface area contributed by atoms with Gasteiger partial charge in [0.1, 0.15) is 11.8 Å². The molecule has 0 amide bonds. The molecule has 2 rings (SSSR count). The molecule has 13 heavy (non-hydrogen) atoms. The van der Waals surface area contributed by atoms with E-state index in [0.29, 0.717) is 15.6 Å². The maximum atomic E-state index is 9.78. The average Bonchev–Trinajstić information content (AvgIpc) is 2.72. The molecule has 2 aromatic heterocycles. The van der Waals surface area contributed by atoms with Crippen molar-refractivity contribution in [2.75, 3.05) is 0 Å². The van der Waals surface area contributed by atoms with Gasteiger partial charge < -0.3 is 5.11 Å². The van der Waals surface area contributed by atoms with Gasteiger partial charge in [-0.25, -0.2) is 0 Å². The van der Waals surface area contributed by atoms with E-state index in [1.165, 1.54) is 11.3 Å². The van der Waals surface area contributed by atoms with Crippen molar-refractivity contribution in [2.45, 2.75) is 6.10 Å². The molecule has 1 N–H and O–H groups in total. The zero-order valence-electron chi connectivity index (χ0n) is 6.35. The Morgan fingerprint density at radius 3 is 2.92 bits per heavy atom. The molecule has 6 heteroatoms. The number of thiophene rings is 1. The molecule has 1 atom stereocenters. The van der Waals surface area contributed by atoms with Crippen LogP contribution in [-0.2, 0) is 0 Å². The first-order chi connectivity index (χ1) is 6.29. The van der Waals surface area contributed by atoms with Gasteiger partial charge in [-0.3, -0.25) is 0 Å². The summed E-state index contributed by atoms with van der Waals surface area (Å²) in [4.78, 5) is 0. The van der Waals surface area contributed by atoms with Crippen LogP contribution in [0.25, 0.3) is 0 Å². The van der Waals surface area contributed by atoms with Crippen LogP contribution in [0.1, 0.15) is 17.4 Å². The van der Waals surface area contributed by atoms with E-state index < -0.39 is 6.10 Å². The number of hydrogen-bond acceptors (Lipinski definition) is 5. The minimum Gasteiger partial charge on any atom is -0.382 e. The second-order valence-electron chi connectivity index (χ2n) is 2.38. The van der Waals surface area contributed by atoms with Gasteiger partial charge in [-0.15, -0.1) is 11.3 Å². The summed E-state index contributed by atoms with van der Waals surface area (Å²) in [7, 11) is 0. The van der Waals surface area contributed by atoms with Crippen LogP contribution in [0.2, 0.25) is 4.34 Å². The third kappa shape index (κ3) is 1.73. The largest absolute Gasteiger partial charge is 0.382 e. The minimum atomic E-state index is -0.752. The molecule has 0 aliphatic heterocycles. The first kappa shape index (κ1) is 9.08. The first-order valence-electron chi connectivity index (χ1n) is 3.47. The van der Waals surface area contributed by atoms with Gasteiger partial charge in [0, 0.05) is 5.56 Å². The lowest BCUT2D eigenvalue weighted by Gasteiger charge is -2.04. The normalized spacial score (nSPS) is 13.1. The average molecular weight is 233 g/mol. The van der Waals surface area contributed by atoms with Crippen LogP contribution >= 0.6 is 34.7 Å². The Kier molecular flexibility index (Phi) is 2.59. The lowest BCUT2D eigenvalue weighted by molar-refractivity contribution is 0.217. The summed E-state index contributed by atoms with van der Waals surface area (Å²) < 4.78 is 8.35. The summed E-state index contributed by atoms with van der Waals surface area (Å²) in [5, 5.41) is 11.6. The van der Waals surface area contributed by atoms with Crippen molar-refractivity contribution in [3.63, 3.8) is 0 Å². The number of nitrogens with zero attached hydrogens (tertiary/aromatic N) is 2. The van der Waals surface area contributed by atoms with Crippen molar-refractivity contribution in [1.29, 1.82) is 0 Å². The summed E-state index contributed by atoms with van der Waals surface area (Å²) in [6.07, 6.45) is 0.793. The molecule has 2 heterocycles. The summed E-state index contributed by atoms with van der Waals surface area (Å²) in [6.45, 7) is 0. The Morgan fingerprint density at radius 1 is 1.54 bits per heavy atom. The number of aliphatic hydroxyl groups excluding tert-OH is 1. The number of rotatable bonds is 2. The van der Waals surface area contributed by atoms with E-state index in [9.17, 15) is 5.11 Å². The van der Waals surface area contributed by atoms with Crippen LogP contribution in [-0.4, -0.2) is 13.9 Å². The monoisotopic (exact) mass is 232 g/mol. The van der Waals surface area contributed by atoms with Crippen LogP contribution in [0.15, 0.2) is 17.6 Å². The van der Waals surface area contributed by atoms with Gasteiger partial charge in [0.05, 0.1) is 22.3 Å². The summed E-state index contributed by atoms with van der Waals surface area (Å²) in [5.74, 6) is 0. The maximum absolute atomic E-state index is 9.78. The first-order valence-corrected chi connectivity index (χ1v) is 5.46. The zero-order valence-corrected chi connectivity index (χ0v) is 8.73. The molecule has 0 bridgehead atoms. The molecule has 0 radical (unpaired) electrons. The van der Waals surface area contributed by atoms with Crippen molar-refractivity contribution in [3.8, 4) is 0 Å². The van der Waals surface area contributed by atoms with E-state index in [1.54, 1.807) is 12.3 Å². The van der Waals surface area contributed by atoms with E-state index in [-0.39, 0.29) is 0 Å². The Bertz CT molecular complexity index is 387. The van der Waals surface area contributed by atoms with Gasteiger partial charge in [-0.2, -0.15) is 8.75 Å². The molecule has 68 valence electrons. The molecule has 0 saturated heterocycles. The fourth-order valence-corrected chi connectivity index (χ4v) is 2.37. The molecule has 0 aliphatic carbocycles. The molecule has 1 unspecified atom stereocenters. The van der Waals surface area contributed by atoms with Gasteiger partial charge >= 0.3 is 0 Å². The molecule has 0 aromatic carbocycles. The van der Waals surface area contributed by atoms with E-state index in [0.717, 1.165) is 11.7 Å². The van der Waals surface area contributed by atoms with Crippen molar-refractivity contribution in [2.24, 2.45) is 0 Å². The molecule has 0 spiro atoms. The van der Waals surface area contributed by atoms with Crippen molar-refractivity contribution in [3.05, 3.63) is 33.2 Å². The summed E-state index contributed by atoms with van der Waals surface area (Å²) >= 11 is 8.33. The molecule has 0 saturated carbocycles. The second kappa shape index (κ2) is 3.71. The van der Waals surface area contributed by atoms with Gasteiger partial charge in [-0.05, 0) is 11.4 Å². The second-order valence-corrected chi connectivity index (χ2v) is 4.46. The van der Waals surface area contributed by atoms with Gasteiger partial charge in [-0.1, -0.05) is 11.6 Å². The van der Waals surface area contributed by atoms with Crippen LogP contribution < -0.4 is 0 Å². The van der Waals surface area contributed by atoms with Crippen LogP contribution in [0, 0.1) is 0 Å². The third-order valence-electron chi connectivity index (χ3n) is 1.60. The highest BCUT2D eigenvalue weighted by Gasteiger charge is 2.16. The smallest absolute Gasteiger partial charge is 0.126 e. The maximum Gasteiger partial charge on any atom is 0.126 e. The van der Waals surface area contributed by atoms with E-state index >= 15 is 0 Å². The Balaban J connectivity index is 2.33. The highest BCUT2D eigenvalue weighted by Crippen LogP contribution is 2.31. The highest BCUT2D eigenvalue weighted by molar-refractivity contribution is 7.14. The molecule has 3 nitrogen and oxygen atoms in total. The molecular weight excluding hydrogens is 228 g/mol. The summed E-state index contributed by atoms with van der Waals surface area (Å²) in [5.41, 5.74) is 1.24. The van der Waals surface area contributed by atoms with Crippen molar-refractivity contribution >= 4 is 34.7 Å². The van der Waals surface area contributed by atoms with Crippen molar-refractivity contribution < 1.29 is 5.11 Å². The number of halogens is 1. The molecule has 0 fully saturated rings. The molecule has 0 aliphatic rings. The lowest BCUT2D eigenvalue weighted by atomic mass is 10.1. The van der Waals surface area contributed by atoms with Crippen LogP contribution in [0.3, 0.4) is 0 Å². The van der Waals surface area contributed by atoms with Crippen LogP contribution in [0.5, 0.6) is 0 Å². The number of aromatic nitrogens is 2. The van der Waals surface area contributed by atoms with Crippen LogP contribution in [0.4, 0.5) is 0 Å². The highest BCUT2D eigenvalue weighted by atomic mass is 35.5. The Morgan fingerprint density at radius 2 is 2.38 bits per heavy atom. The standard InChI is InChI=1S/C7H5ClN2OS2/c8-7-4(1-2-12-7)6(11)5-3-9-13-10-5/h1-3,6,11H. The van der Waals surface area contributed by atoms with E-state index in [1.807, 2.05) is 5.38 Å². The third-order valence-corrected chi connectivity index (χ3v) is 3.29. The fraction of sp³-hybridized carbons (Fsp3) is 0.143. The summed E-state index contributed by atoms with van der Waals surface area (Å²) in [6, 6.07) is 1.79. The Labute approximate surface area is 88.0 Å². The van der Waals surface area contributed by atoms with E-state index in [2.05, 4.69) is 8.75 Å². The van der Waals surface area contributed by atoms with Gasteiger partial charge in [0.15, 0.2) is 0 Å². The minimum absolute atomic E-state index is 0.547. The number of hydrogen-bond donors (Lipinski definition) is 1.